The first-order chi connectivity index (χ1) is 8.75. The number of aromatic amines is 1. The molecular formula is C13H13FN2O2. The Balaban J connectivity index is 1.77. The van der Waals surface area contributed by atoms with Gasteiger partial charge in [-0.15, -0.1) is 0 Å². The van der Waals surface area contributed by atoms with E-state index < -0.39 is 5.82 Å². The largest absolute Gasteiger partial charge is 0.481 e. The van der Waals surface area contributed by atoms with Crippen LogP contribution in [-0.4, -0.2) is 17.5 Å². The van der Waals surface area contributed by atoms with Crippen LogP contribution in [-0.2, 0) is 11.3 Å². The smallest absolute Gasteiger partial charge is 0.258 e. The SMILES string of the molecule is O=C(COc1ccccc1F)NCc1cc[nH]c1. The number of hydrogen-bond acceptors (Lipinski definition) is 2. The normalized spacial score (nSPS) is 10.1. The zero-order chi connectivity index (χ0) is 12.8. The van der Waals surface area contributed by atoms with Gasteiger partial charge < -0.3 is 15.0 Å². The summed E-state index contributed by atoms with van der Waals surface area (Å²) in [6, 6.07) is 7.84. The van der Waals surface area contributed by atoms with E-state index in [-0.39, 0.29) is 18.3 Å². The fraction of sp³-hybridized carbons (Fsp3) is 0.154. The first-order valence-corrected chi connectivity index (χ1v) is 5.51. The van der Waals surface area contributed by atoms with Crippen LogP contribution < -0.4 is 10.1 Å². The van der Waals surface area contributed by atoms with Crippen molar-refractivity contribution in [1.29, 1.82) is 0 Å². The highest BCUT2D eigenvalue weighted by atomic mass is 19.1. The second-order valence-corrected chi connectivity index (χ2v) is 3.72. The van der Waals surface area contributed by atoms with Crippen molar-refractivity contribution in [2.24, 2.45) is 0 Å². The van der Waals surface area contributed by atoms with Gasteiger partial charge in [-0.25, -0.2) is 4.39 Å². The number of rotatable bonds is 5. The summed E-state index contributed by atoms with van der Waals surface area (Å²) >= 11 is 0. The zero-order valence-electron chi connectivity index (χ0n) is 9.65. The molecule has 1 aromatic carbocycles. The maximum atomic E-state index is 13.2. The minimum Gasteiger partial charge on any atom is -0.481 e. The van der Waals surface area contributed by atoms with Gasteiger partial charge in [0.15, 0.2) is 18.2 Å². The molecule has 0 aliphatic carbocycles. The number of nitrogens with one attached hydrogen (secondary N) is 2. The molecule has 18 heavy (non-hydrogen) atoms. The first kappa shape index (κ1) is 12.2. The van der Waals surface area contributed by atoms with Crippen molar-refractivity contribution in [2.45, 2.75) is 6.54 Å². The Morgan fingerprint density at radius 1 is 1.33 bits per heavy atom. The van der Waals surface area contributed by atoms with Crippen LogP contribution in [0.2, 0.25) is 0 Å². The van der Waals surface area contributed by atoms with Crippen molar-refractivity contribution in [3.63, 3.8) is 0 Å². The monoisotopic (exact) mass is 248 g/mol. The molecule has 4 nitrogen and oxygen atoms in total. The molecular weight excluding hydrogens is 235 g/mol. The summed E-state index contributed by atoms with van der Waals surface area (Å²) in [4.78, 5) is 14.3. The lowest BCUT2D eigenvalue weighted by atomic mass is 10.3. The van der Waals surface area contributed by atoms with E-state index in [9.17, 15) is 9.18 Å². The standard InChI is InChI=1S/C13H13FN2O2/c14-11-3-1-2-4-12(11)18-9-13(17)16-8-10-5-6-15-7-10/h1-7,15H,8-9H2,(H,16,17). The van der Waals surface area contributed by atoms with Crippen molar-refractivity contribution in [2.75, 3.05) is 6.61 Å². The van der Waals surface area contributed by atoms with Crippen LogP contribution in [0.1, 0.15) is 5.56 Å². The predicted molar refractivity (Wildman–Crippen MR) is 64.5 cm³/mol. The molecule has 0 aliphatic rings. The molecule has 2 aromatic rings. The average Bonchev–Trinajstić information content (AvgIpc) is 2.88. The van der Waals surface area contributed by atoms with Crippen LogP contribution in [0.5, 0.6) is 5.75 Å². The molecule has 0 bridgehead atoms. The Morgan fingerprint density at radius 2 is 2.17 bits per heavy atom. The van der Waals surface area contributed by atoms with Gasteiger partial charge >= 0.3 is 0 Å². The number of H-pyrrole nitrogens is 1. The topological polar surface area (TPSA) is 54.1 Å². The Kier molecular flexibility index (Phi) is 3.96. The molecule has 94 valence electrons. The van der Waals surface area contributed by atoms with Crippen LogP contribution in [0.3, 0.4) is 0 Å². The maximum absolute atomic E-state index is 13.2. The van der Waals surface area contributed by atoms with Gasteiger partial charge in [0.25, 0.3) is 5.91 Å². The molecule has 0 atom stereocenters. The van der Waals surface area contributed by atoms with Gasteiger partial charge in [-0.1, -0.05) is 12.1 Å². The molecule has 0 unspecified atom stereocenters. The highest BCUT2D eigenvalue weighted by molar-refractivity contribution is 5.77. The minimum absolute atomic E-state index is 0.0781. The van der Waals surface area contributed by atoms with Gasteiger partial charge in [0.05, 0.1) is 0 Å². The average molecular weight is 248 g/mol. The first-order valence-electron chi connectivity index (χ1n) is 5.51. The van der Waals surface area contributed by atoms with Gasteiger partial charge in [-0.05, 0) is 23.8 Å². The number of carbonyl (C=O) groups is 1. The number of halogens is 1. The van der Waals surface area contributed by atoms with E-state index in [1.807, 2.05) is 6.07 Å². The lowest BCUT2D eigenvalue weighted by Crippen LogP contribution is -2.28. The molecule has 0 fully saturated rings. The highest BCUT2D eigenvalue weighted by Gasteiger charge is 2.05. The lowest BCUT2D eigenvalue weighted by molar-refractivity contribution is -0.123. The van der Waals surface area contributed by atoms with Gasteiger partial charge in [-0.3, -0.25) is 4.79 Å². The van der Waals surface area contributed by atoms with Crippen LogP contribution >= 0.6 is 0 Å². The maximum Gasteiger partial charge on any atom is 0.258 e. The van der Waals surface area contributed by atoms with E-state index >= 15 is 0 Å². The second kappa shape index (κ2) is 5.86. The van der Waals surface area contributed by atoms with Gasteiger partial charge in [0.1, 0.15) is 0 Å². The van der Waals surface area contributed by atoms with Gasteiger partial charge in [0, 0.05) is 18.9 Å². The molecule has 1 amide bonds. The van der Waals surface area contributed by atoms with E-state index in [0.29, 0.717) is 6.54 Å². The van der Waals surface area contributed by atoms with Crippen molar-refractivity contribution >= 4 is 5.91 Å². The van der Waals surface area contributed by atoms with E-state index in [0.717, 1.165) is 5.56 Å². The Labute approximate surface area is 104 Å². The third-order valence-electron chi connectivity index (χ3n) is 2.35. The molecule has 0 saturated carbocycles. The number of para-hydroxylation sites is 1. The van der Waals surface area contributed by atoms with Gasteiger partial charge in [-0.2, -0.15) is 0 Å². The fourth-order valence-electron chi connectivity index (χ4n) is 1.43. The summed E-state index contributed by atoms with van der Waals surface area (Å²) in [5.41, 5.74) is 0.967. The fourth-order valence-corrected chi connectivity index (χ4v) is 1.43. The van der Waals surface area contributed by atoms with Crippen LogP contribution in [0, 0.1) is 5.82 Å². The molecule has 1 heterocycles. The number of benzene rings is 1. The summed E-state index contributed by atoms with van der Waals surface area (Å²) in [5, 5.41) is 2.67. The molecule has 0 aliphatic heterocycles. The van der Waals surface area contributed by atoms with Gasteiger partial charge in [0.2, 0.25) is 0 Å². The van der Waals surface area contributed by atoms with Crippen molar-refractivity contribution in [3.05, 3.63) is 54.1 Å². The summed E-state index contributed by atoms with van der Waals surface area (Å²) in [6.45, 7) is 0.217. The molecule has 1 aromatic heterocycles. The van der Waals surface area contributed by atoms with E-state index in [1.165, 1.54) is 12.1 Å². The molecule has 0 spiro atoms. The summed E-state index contributed by atoms with van der Waals surface area (Å²) in [5.74, 6) is -0.690. The number of hydrogen-bond donors (Lipinski definition) is 2. The van der Waals surface area contributed by atoms with Crippen molar-refractivity contribution < 1.29 is 13.9 Å². The Bertz CT molecular complexity index is 511. The number of ether oxygens (including phenoxy) is 1. The van der Waals surface area contributed by atoms with Crippen LogP contribution in [0.4, 0.5) is 4.39 Å². The summed E-state index contributed by atoms with van der Waals surface area (Å²) < 4.78 is 18.3. The molecule has 2 rings (SSSR count). The predicted octanol–water partition coefficient (Wildman–Crippen LogP) is 1.85. The second-order valence-electron chi connectivity index (χ2n) is 3.72. The third-order valence-corrected chi connectivity index (χ3v) is 2.35. The number of amides is 1. The number of aromatic nitrogens is 1. The third kappa shape index (κ3) is 3.35. The summed E-state index contributed by atoms with van der Waals surface area (Å²) in [7, 11) is 0. The minimum atomic E-state index is -0.476. The lowest BCUT2D eigenvalue weighted by Gasteiger charge is -2.07. The van der Waals surface area contributed by atoms with E-state index in [2.05, 4.69) is 10.3 Å². The van der Waals surface area contributed by atoms with Crippen LogP contribution in [0.15, 0.2) is 42.7 Å². The molecule has 2 N–H and O–H groups in total. The molecule has 5 heteroatoms. The van der Waals surface area contributed by atoms with Crippen LogP contribution in [0.25, 0.3) is 0 Å². The Morgan fingerprint density at radius 3 is 2.89 bits per heavy atom. The number of carbonyl (C=O) groups excluding carboxylic acids is 1. The highest BCUT2D eigenvalue weighted by Crippen LogP contribution is 2.14. The van der Waals surface area contributed by atoms with Crippen molar-refractivity contribution in [1.82, 2.24) is 10.3 Å². The Hall–Kier alpha value is -2.30. The van der Waals surface area contributed by atoms with E-state index in [4.69, 9.17) is 4.74 Å². The summed E-state index contributed by atoms with van der Waals surface area (Å²) in [6.07, 6.45) is 3.56. The zero-order valence-corrected chi connectivity index (χ0v) is 9.65. The van der Waals surface area contributed by atoms with E-state index in [1.54, 1.807) is 24.5 Å². The molecule has 0 saturated heterocycles. The van der Waals surface area contributed by atoms with Crippen molar-refractivity contribution in [3.8, 4) is 5.75 Å². The molecule has 0 radical (unpaired) electrons. The quantitative estimate of drug-likeness (QED) is 0.848.